The fraction of sp³-hybridized carbons (Fsp3) is 0.389. The molecule has 1 aliphatic rings. The third-order valence-corrected chi connectivity index (χ3v) is 4.70. The number of hydrogen-bond acceptors (Lipinski definition) is 4. The van der Waals surface area contributed by atoms with E-state index < -0.39 is 5.97 Å². The fourth-order valence-electron chi connectivity index (χ4n) is 3.08. The van der Waals surface area contributed by atoms with Gasteiger partial charge in [0.2, 0.25) is 0 Å². The second-order valence-electron chi connectivity index (χ2n) is 6.41. The number of rotatable bonds is 4. The quantitative estimate of drug-likeness (QED) is 0.910. The molecule has 1 N–H and O–H groups in total. The van der Waals surface area contributed by atoms with Crippen molar-refractivity contribution in [2.24, 2.45) is 7.05 Å². The molecule has 0 bridgehead atoms. The van der Waals surface area contributed by atoms with Crippen LogP contribution in [0.25, 0.3) is 0 Å². The number of aromatic carboxylic acids is 1. The van der Waals surface area contributed by atoms with E-state index in [4.69, 9.17) is 5.11 Å². The highest BCUT2D eigenvalue weighted by Crippen LogP contribution is 2.16. The first-order valence-corrected chi connectivity index (χ1v) is 8.28. The topological polar surface area (TPSA) is 78.7 Å². The third-order valence-electron chi connectivity index (χ3n) is 4.70. The normalized spacial score (nSPS) is 18.3. The molecule has 2 heterocycles. The van der Waals surface area contributed by atoms with Crippen LogP contribution in [-0.2, 0) is 13.6 Å². The van der Waals surface area contributed by atoms with Gasteiger partial charge < -0.3 is 14.6 Å². The minimum atomic E-state index is -0.990. The Bertz CT molecular complexity index is 769. The highest BCUT2D eigenvalue weighted by Gasteiger charge is 2.28. The molecule has 1 aromatic carbocycles. The van der Waals surface area contributed by atoms with E-state index in [-0.39, 0.29) is 17.5 Å². The van der Waals surface area contributed by atoms with Gasteiger partial charge in [0.15, 0.2) is 0 Å². The molecule has 0 saturated carbocycles. The highest BCUT2D eigenvalue weighted by molar-refractivity contribution is 5.96. The molecule has 1 aliphatic heterocycles. The Morgan fingerprint density at radius 1 is 1.20 bits per heavy atom. The standard InChI is InChI=1S/C18H22N4O3/c1-13-11-22(10-9-21(13)12-16-19-7-8-20(16)2)17(23)14-3-5-15(6-4-14)18(24)25/h3-8,13H,9-12H2,1-2H3,(H,24,25). The lowest BCUT2D eigenvalue weighted by Crippen LogP contribution is -2.53. The molecule has 132 valence electrons. The Kier molecular flexibility index (Phi) is 4.85. The number of carbonyl (C=O) groups is 2. The number of imidazole rings is 1. The van der Waals surface area contributed by atoms with Crippen molar-refractivity contribution in [3.8, 4) is 0 Å². The zero-order valence-corrected chi connectivity index (χ0v) is 14.4. The summed E-state index contributed by atoms with van der Waals surface area (Å²) in [4.78, 5) is 32.1. The van der Waals surface area contributed by atoms with E-state index in [1.807, 2.05) is 22.7 Å². The SMILES string of the molecule is CC1CN(C(=O)c2ccc(C(=O)O)cc2)CCN1Cc1nccn1C. The number of aromatic nitrogens is 2. The van der Waals surface area contributed by atoms with E-state index in [9.17, 15) is 9.59 Å². The van der Waals surface area contributed by atoms with Crippen molar-refractivity contribution in [2.45, 2.75) is 19.5 Å². The zero-order valence-electron chi connectivity index (χ0n) is 14.4. The number of hydrogen-bond donors (Lipinski definition) is 1. The average molecular weight is 342 g/mol. The van der Waals surface area contributed by atoms with Gasteiger partial charge in [0.1, 0.15) is 5.82 Å². The lowest BCUT2D eigenvalue weighted by molar-refractivity contribution is 0.0486. The minimum Gasteiger partial charge on any atom is -0.478 e. The van der Waals surface area contributed by atoms with Crippen LogP contribution in [0.2, 0.25) is 0 Å². The van der Waals surface area contributed by atoms with E-state index in [0.717, 1.165) is 18.9 Å². The van der Waals surface area contributed by atoms with Gasteiger partial charge in [0.05, 0.1) is 12.1 Å². The summed E-state index contributed by atoms with van der Waals surface area (Å²) in [5.41, 5.74) is 0.708. The number of carboxylic acids is 1. The fourth-order valence-corrected chi connectivity index (χ4v) is 3.08. The molecule has 0 aliphatic carbocycles. The van der Waals surface area contributed by atoms with Gasteiger partial charge in [-0.15, -0.1) is 0 Å². The van der Waals surface area contributed by atoms with E-state index in [2.05, 4.69) is 16.8 Å². The smallest absolute Gasteiger partial charge is 0.335 e. The molecule has 7 nitrogen and oxygen atoms in total. The summed E-state index contributed by atoms with van der Waals surface area (Å²) >= 11 is 0. The molecule has 2 aromatic rings. The predicted octanol–water partition coefficient (Wildman–Crippen LogP) is 1.46. The predicted molar refractivity (Wildman–Crippen MR) is 92.4 cm³/mol. The Morgan fingerprint density at radius 3 is 2.44 bits per heavy atom. The largest absolute Gasteiger partial charge is 0.478 e. The molecule has 1 unspecified atom stereocenters. The Labute approximate surface area is 146 Å². The Balaban J connectivity index is 1.63. The molecule has 3 rings (SSSR count). The van der Waals surface area contributed by atoms with Gasteiger partial charge in [-0.25, -0.2) is 9.78 Å². The van der Waals surface area contributed by atoms with Gasteiger partial charge in [-0.1, -0.05) is 0 Å². The second-order valence-corrected chi connectivity index (χ2v) is 6.41. The molecule has 1 fully saturated rings. The van der Waals surface area contributed by atoms with Gasteiger partial charge >= 0.3 is 5.97 Å². The first kappa shape index (κ1) is 17.2. The molecule has 0 radical (unpaired) electrons. The summed E-state index contributed by atoms with van der Waals surface area (Å²) < 4.78 is 2.01. The van der Waals surface area contributed by atoms with Crippen LogP contribution < -0.4 is 0 Å². The van der Waals surface area contributed by atoms with Crippen molar-refractivity contribution in [2.75, 3.05) is 19.6 Å². The summed E-state index contributed by atoms with van der Waals surface area (Å²) in [6, 6.07) is 6.33. The number of carbonyl (C=O) groups excluding carboxylic acids is 1. The van der Waals surface area contributed by atoms with Crippen LogP contribution in [0.3, 0.4) is 0 Å². The van der Waals surface area contributed by atoms with Gasteiger partial charge in [-0.3, -0.25) is 9.69 Å². The molecular formula is C18H22N4O3. The van der Waals surface area contributed by atoms with Crippen LogP contribution in [-0.4, -0.2) is 62.0 Å². The van der Waals surface area contributed by atoms with E-state index in [1.54, 1.807) is 18.3 Å². The Morgan fingerprint density at radius 2 is 1.88 bits per heavy atom. The maximum absolute atomic E-state index is 12.6. The zero-order chi connectivity index (χ0) is 18.0. The summed E-state index contributed by atoms with van der Waals surface area (Å²) in [6.07, 6.45) is 3.72. The molecule has 7 heteroatoms. The first-order valence-electron chi connectivity index (χ1n) is 8.28. The van der Waals surface area contributed by atoms with Crippen molar-refractivity contribution >= 4 is 11.9 Å². The third kappa shape index (κ3) is 3.71. The summed E-state index contributed by atoms with van der Waals surface area (Å²) in [5.74, 6) is -0.0353. The van der Waals surface area contributed by atoms with Crippen molar-refractivity contribution in [1.82, 2.24) is 19.4 Å². The highest BCUT2D eigenvalue weighted by atomic mass is 16.4. The van der Waals surface area contributed by atoms with Crippen molar-refractivity contribution in [3.05, 3.63) is 53.6 Å². The van der Waals surface area contributed by atoms with Crippen LogP contribution >= 0.6 is 0 Å². The van der Waals surface area contributed by atoms with Crippen LogP contribution in [0.1, 0.15) is 33.5 Å². The van der Waals surface area contributed by atoms with E-state index >= 15 is 0 Å². The monoisotopic (exact) mass is 342 g/mol. The van der Waals surface area contributed by atoms with Gasteiger partial charge in [-0.05, 0) is 31.2 Å². The summed E-state index contributed by atoms with van der Waals surface area (Å²) in [7, 11) is 1.98. The molecule has 25 heavy (non-hydrogen) atoms. The molecule has 1 atom stereocenters. The maximum Gasteiger partial charge on any atom is 0.335 e. The molecule has 1 saturated heterocycles. The second kappa shape index (κ2) is 7.06. The number of carboxylic acid groups (broad SMARTS) is 1. The van der Waals surface area contributed by atoms with Gasteiger partial charge in [-0.2, -0.15) is 0 Å². The van der Waals surface area contributed by atoms with Crippen LogP contribution in [0.15, 0.2) is 36.7 Å². The van der Waals surface area contributed by atoms with Gasteiger partial charge in [0, 0.05) is 50.7 Å². The van der Waals surface area contributed by atoms with E-state index in [1.165, 1.54) is 12.1 Å². The van der Waals surface area contributed by atoms with Gasteiger partial charge in [0.25, 0.3) is 5.91 Å². The lowest BCUT2D eigenvalue weighted by Gasteiger charge is -2.39. The molecule has 1 amide bonds. The van der Waals surface area contributed by atoms with Crippen LogP contribution in [0.5, 0.6) is 0 Å². The molecular weight excluding hydrogens is 320 g/mol. The van der Waals surface area contributed by atoms with Crippen LogP contribution in [0, 0.1) is 0 Å². The summed E-state index contributed by atoms with van der Waals surface area (Å²) in [5, 5.41) is 8.94. The maximum atomic E-state index is 12.6. The van der Waals surface area contributed by atoms with Crippen molar-refractivity contribution in [3.63, 3.8) is 0 Å². The lowest BCUT2D eigenvalue weighted by atomic mass is 10.1. The van der Waals surface area contributed by atoms with Crippen molar-refractivity contribution in [1.29, 1.82) is 0 Å². The molecule has 1 aromatic heterocycles. The average Bonchev–Trinajstić information content (AvgIpc) is 3.01. The Hall–Kier alpha value is -2.67. The number of aryl methyl sites for hydroxylation is 1. The number of piperazine rings is 1. The first-order chi connectivity index (χ1) is 12.0. The van der Waals surface area contributed by atoms with E-state index in [0.29, 0.717) is 18.7 Å². The number of amides is 1. The minimum absolute atomic E-state index is 0.0552. The molecule has 0 spiro atoms. The number of benzene rings is 1. The van der Waals surface area contributed by atoms with Crippen molar-refractivity contribution < 1.29 is 14.7 Å². The van der Waals surface area contributed by atoms with Crippen LogP contribution in [0.4, 0.5) is 0 Å². The summed E-state index contributed by atoms with van der Waals surface area (Å²) in [6.45, 7) is 4.95. The number of nitrogens with zero attached hydrogens (tertiary/aromatic N) is 4.